The second-order valence-corrected chi connectivity index (χ2v) is 6.78. The number of rotatable bonds is 7. The van der Waals surface area contributed by atoms with E-state index in [9.17, 15) is 18.0 Å². The molecule has 1 heterocycles. The quantitative estimate of drug-likeness (QED) is 0.773. The molecule has 2 N–H and O–H groups in total. The summed E-state index contributed by atoms with van der Waals surface area (Å²) in [5.41, 5.74) is 6.18. The molecule has 8 heteroatoms. The van der Waals surface area contributed by atoms with Gasteiger partial charge in [0, 0.05) is 13.0 Å². The van der Waals surface area contributed by atoms with Crippen LogP contribution < -0.4 is 5.73 Å². The van der Waals surface area contributed by atoms with Gasteiger partial charge in [-0.3, -0.25) is 14.1 Å². The average molecular weight is 393 g/mol. The van der Waals surface area contributed by atoms with Crippen LogP contribution in [0, 0.1) is 5.92 Å². The Morgan fingerprint density at radius 2 is 2.21 bits per heavy atom. The highest BCUT2D eigenvalue weighted by molar-refractivity contribution is 6.07. The van der Waals surface area contributed by atoms with Gasteiger partial charge in [0.05, 0.1) is 6.67 Å². The van der Waals surface area contributed by atoms with Crippen molar-refractivity contribution >= 4 is 11.9 Å². The lowest BCUT2D eigenvalue weighted by molar-refractivity contribution is -0.132. The van der Waals surface area contributed by atoms with Crippen molar-refractivity contribution in [3.8, 4) is 0 Å². The molecule has 0 aromatic heterocycles. The van der Waals surface area contributed by atoms with Crippen LogP contribution >= 0.6 is 0 Å². The number of ether oxygens (including phenoxy) is 1. The number of likely N-dealkylation sites (N-methyl/N-ethyl adjacent to an activating group) is 1. The highest BCUT2D eigenvalue weighted by Gasteiger charge is 2.52. The van der Waals surface area contributed by atoms with Crippen molar-refractivity contribution in [1.82, 2.24) is 4.90 Å². The normalized spacial score (nSPS) is 24.5. The summed E-state index contributed by atoms with van der Waals surface area (Å²) < 4.78 is 41.9. The van der Waals surface area contributed by atoms with Gasteiger partial charge in [0.1, 0.15) is 5.76 Å². The summed E-state index contributed by atoms with van der Waals surface area (Å²) in [6.45, 7) is -3.34. The molecule has 0 fully saturated rings. The van der Waals surface area contributed by atoms with Gasteiger partial charge in [-0.05, 0) is 42.5 Å². The van der Waals surface area contributed by atoms with Gasteiger partial charge < -0.3 is 10.5 Å². The van der Waals surface area contributed by atoms with E-state index in [0.717, 1.165) is 5.56 Å². The molecule has 0 spiro atoms. The van der Waals surface area contributed by atoms with Crippen LogP contribution in [0.15, 0.2) is 53.2 Å². The summed E-state index contributed by atoms with van der Waals surface area (Å²) in [6, 6.07) is 7.30. The van der Waals surface area contributed by atoms with Crippen LogP contribution in [-0.2, 0) is 21.5 Å². The number of alkyl halides is 3. The van der Waals surface area contributed by atoms with Crippen LogP contribution in [0.1, 0.15) is 24.0 Å². The number of carbonyl (C=O) groups is 1. The van der Waals surface area contributed by atoms with Crippen LogP contribution in [-0.4, -0.2) is 37.1 Å². The Kier molecular flexibility index (Phi) is 5.76. The van der Waals surface area contributed by atoms with Crippen molar-refractivity contribution in [3.63, 3.8) is 0 Å². The molecular weight excluding hydrogens is 371 g/mol. The van der Waals surface area contributed by atoms with Crippen molar-refractivity contribution in [3.05, 3.63) is 59.4 Å². The molecule has 1 aromatic carbocycles. The van der Waals surface area contributed by atoms with Crippen LogP contribution in [0.3, 0.4) is 0 Å². The van der Waals surface area contributed by atoms with Crippen LogP contribution in [0.25, 0.3) is 0 Å². The number of guanidine groups is 1. The molecule has 2 atom stereocenters. The van der Waals surface area contributed by atoms with E-state index >= 15 is 0 Å². The second kappa shape index (κ2) is 8.08. The third-order valence-corrected chi connectivity index (χ3v) is 5.06. The smallest absolute Gasteiger partial charge is 0.387 e. The minimum absolute atomic E-state index is 0.0499. The van der Waals surface area contributed by atoms with E-state index < -0.39 is 24.7 Å². The predicted molar refractivity (Wildman–Crippen MR) is 99.2 cm³/mol. The lowest BCUT2D eigenvalue weighted by atomic mass is 9.74. The van der Waals surface area contributed by atoms with E-state index in [4.69, 9.17) is 5.73 Å². The fourth-order valence-corrected chi connectivity index (χ4v) is 3.64. The minimum atomic E-state index is -2.92. The molecule has 150 valence electrons. The van der Waals surface area contributed by atoms with Gasteiger partial charge in [-0.2, -0.15) is 8.78 Å². The number of hydrogen-bond donors (Lipinski definition) is 1. The summed E-state index contributed by atoms with van der Waals surface area (Å²) in [5, 5.41) is 0. The Balaban J connectivity index is 1.99. The van der Waals surface area contributed by atoms with Gasteiger partial charge >= 0.3 is 6.61 Å². The molecule has 2 aliphatic rings. The third-order valence-electron chi connectivity index (χ3n) is 5.06. The topological polar surface area (TPSA) is 67.9 Å². The standard InChI is InChI=1S/C20H22F3N3O2/c1-26-17(27)20(25-19(26)24,14-7-9-16(10-8-14)28-18(22)23)15-6-2-4-13(12-15)5-3-11-21/h2,4,6-7,9-10,12,14,18H,3,5,8,11H2,1H3,(H2,24,25)/t14?,20-/m1/s1. The Hall–Kier alpha value is -2.77. The number of benzene rings is 1. The van der Waals surface area contributed by atoms with Gasteiger partial charge in [0.25, 0.3) is 5.91 Å². The van der Waals surface area contributed by atoms with Gasteiger partial charge in [-0.25, -0.2) is 4.99 Å². The molecule has 1 aromatic rings. The first kappa shape index (κ1) is 20.0. The van der Waals surface area contributed by atoms with Crippen molar-refractivity contribution < 1.29 is 22.7 Å². The molecule has 0 bridgehead atoms. The third kappa shape index (κ3) is 3.63. The van der Waals surface area contributed by atoms with E-state index in [2.05, 4.69) is 9.73 Å². The van der Waals surface area contributed by atoms with Crippen LogP contribution in [0.5, 0.6) is 0 Å². The fraction of sp³-hybridized carbons (Fsp3) is 0.400. The van der Waals surface area contributed by atoms with Crippen molar-refractivity contribution in [2.75, 3.05) is 13.7 Å². The Labute approximate surface area is 161 Å². The van der Waals surface area contributed by atoms with E-state index in [-0.39, 0.29) is 24.0 Å². The van der Waals surface area contributed by atoms with E-state index in [1.54, 1.807) is 25.3 Å². The molecule has 1 aliphatic carbocycles. The van der Waals surface area contributed by atoms with Crippen molar-refractivity contribution in [2.24, 2.45) is 16.6 Å². The maximum Gasteiger partial charge on any atom is 0.387 e. The first-order chi connectivity index (χ1) is 13.4. The SMILES string of the molecule is CN1C(=O)[C@](c2cccc(CCCF)c2)(C2C=CC(OC(F)F)=CC2)N=C1N. The number of nitrogens with zero attached hydrogens (tertiary/aromatic N) is 2. The average Bonchev–Trinajstić information content (AvgIpc) is 2.92. The Morgan fingerprint density at radius 1 is 1.43 bits per heavy atom. The van der Waals surface area contributed by atoms with Gasteiger partial charge in [0.2, 0.25) is 0 Å². The summed E-state index contributed by atoms with van der Waals surface area (Å²) in [6.07, 6.45) is 5.80. The predicted octanol–water partition coefficient (Wildman–Crippen LogP) is 3.27. The fourth-order valence-electron chi connectivity index (χ4n) is 3.64. The minimum Gasteiger partial charge on any atom is -0.435 e. The lowest BCUT2D eigenvalue weighted by Gasteiger charge is -2.33. The molecule has 0 saturated carbocycles. The molecule has 0 saturated heterocycles. The first-order valence-electron chi connectivity index (χ1n) is 9.00. The molecule has 5 nitrogen and oxygen atoms in total. The summed E-state index contributed by atoms with van der Waals surface area (Å²) in [5.74, 6) is -0.584. The van der Waals surface area contributed by atoms with Crippen LogP contribution in [0.2, 0.25) is 0 Å². The highest BCUT2D eigenvalue weighted by Crippen LogP contribution is 2.43. The summed E-state index contributed by atoms with van der Waals surface area (Å²) in [4.78, 5) is 19.0. The zero-order valence-corrected chi connectivity index (χ0v) is 15.4. The molecule has 1 aliphatic heterocycles. The number of aliphatic imine (C=N–C) groups is 1. The lowest BCUT2D eigenvalue weighted by Crippen LogP contribution is -2.44. The second-order valence-electron chi connectivity index (χ2n) is 6.78. The molecule has 3 rings (SSSR count). The summed E-state index contributed by atoms with van der Waals surface area (Å²) >= 11 is 0. The van der Waals surface area contributed by atoms with E-state index in [0.29, 0.717) is 18.4 Å². The molecule has 1 unspecified atom stereocenters. The zero-order valence-electron chi connectivity index (χ0n) is 15.4. The number of hydrogen-bond acceptors (Lipinski definition) is 4. The number of halogens is 3. The molecule has 28 heavy (non-hydrogen) atoms. The number of nitrogens with two attached hydrogens (primary N) is 1. The maximum atomic E-state index is 13.2. The largest absolute Gasteiger partial charge is 0.435 e. The zero-order chi connectivity index (χ0) is 20.3. The number of aryl methyl sites for hydroxylation is 1. The Bertz CT molecular complexity index is 838. The van der Waals surface area contributed by atoms with Gasteiger partial charge in [0.15, 0.2) is 11.5 Å². The number of allylic oxidation sites excluding steroid dienone is 2. The van der Waals surface area contributed by atoms with Crippen LogP contribution in [0.4, 0.5) is 13.2 Å². The van der Waals surface area contributed by atoms with Crippen molar-refractivity contribution in [2.45, 2.75) is 31.4 Å². The first-order valence-corrected chi connectivity index (χ1v) is 9.00. The van der Waals surface area contributed by atoms with E-state index in [1.165, 1.54) is 17.1 Å². The van der Waals surface area contributed by atoms with Gasteiger partial charge in [-0.15, -0.1) is 0 Å². The highest BCUT2D eigenvalue weighted by atomic mass is 19.3. The number of carbonyl (C=O) groups excluding carboxylic acids is 1. The summed E-state index contributed by atoms with van der Waals surface area (Å²) in [7, 11) is 1.55. The van der Waals surface area contributed by atoms with Gasteiger partial charge in [-0.1, -0.05) is 30.3 Å². The molecule has 0 radical (unpaired) electrons. The maximum absolute atomic E-state index is 13.2. The van der Waals surface area contributed by atoms with E-state index in [1.807, 2.05) is 12.1 Å². The molecule has 1 amide bonds. The monoisotopic (exact) mass is 393 g/mol. The number of amides is 1. The van der Waals surface area contributed by atoms with Crippen molar-refractivity contribution in [1.29, 1.82) is 0 Å². The molecular formula is C20H22F3N3O2. The Morgan fingerprint density at radius 3 is 2.79 bits per heavy atom.